The van der Waals surface area contributed by atoms with E-state index < -0.39 is 7.12 Å². The highest BCUT2D eigenvalue weighted by Crippen LogP contribution is 2.36. The van der Waals surface area contributed by atoms with Gasteiger partial charge < -0.3 is 14.6 Å². The van der Waals surface area contributed by atoms with E-state index in [2.05, 4.69) is 89.5 Å². The zero-order chi connectivity index (χ0) is 23.1. The van der Waals surface area contributed by atoms with Crippen molar-refractivity contribution in [3.05, 3.63) is 121 Å². The largest absolute Gasteiger partial charge is 0.488 e. The second-order valence-corrected chi connectivity index (χ2v) is 8.50. The third kappa shape index (κ3) is 3.50. The fraction of sp³-hybridized carbons (Fsp3) is 0. The van der Waals surface area contributed by atoms with E-state index in [1.54, 1.807) is 12.1 Å². The van der Waals surface area contributed by atoms with Gasteiger partial charge in [0.15, 0.2) is 0 Å². The molecule has 0 aliphatic rings. The molecular weight excluding hydrogens is 417 g/mol. The van der Waals surface area contributed by atoms with Crippen LogP contribution in [0.3, 0.4) is 0 Å². The van der Waals surface area contributed by atoms with Crippen LogP contribution >= 0.6 is 0 Å². The highest BCUT2D eigenvalue weighted by atomic mass is 16.4. The average molecular weight is 439 g/mol. The molecular formula is C30H22BNO2. The molecule has 0 unspecified atom stereocenters. The SMILES string of the molecule is OB(O)c1ccc(-n2c3ccc(-c4ccccc4)cc3c3cc(-c4ccccc4)ccc32)cc1. The van der Waals surface area contributed by atoms with Gasteiger partial charge in [0.25, 0.3) is 0 Å². The Morgan fingerprint density at radius 2 is 0.941 bits per heavy atom. The van der Waals surface area contributed by atoms with Gasteiger partial charge in [-0.1, -0.05) is 84.9 Å². The lowest BCUT2D eigenvalue weighted by Crippen LogP contribution is -2.29. The molecule has 6 aromatic rings. The van der Waals surface area contributed by atoms with Crippen molar-refractivity contribution in [1.82, 2.24) is 4.57 Å². The normalized spacial score (nSPS) is 11.2. The first kappa shape index (κ1) is 20.5. The lowest BCUT2D eigenvalue weighted by Gasteiger charge is -2.10. The van der Waals surface area contributed by atoms with Crippen molar-refractivity contribution in [2.24, 2.45) is 0 Å². The highest BCUT2D eigenvalue weighted by molar-refractivity contribution is 6.58. The van der Waals surface area contributed by atoms with Crippen molar-refractivity contribution in [2.45, 2.75) is 0 Å². The molecule has 0 aliphatic heterocycles. The molecule has 0 saturated carbocycles. The van der Waals surface area contributed by atoms with Crippen molar-refractivity contribution < 1.29 is 10.0 Å². The minimum absolute atomic E-state index is 0.474. The molecule has 0 fully saturated rings. The molecule has 0 bridgehead atoms. The van der Waals surface area contributed by atoms with Crippen LogP contribution < -0.4 is 5.46 Å². The van der Waals surface area contributed by atoms with Gasteiger partial charge in [-0.05, 0) is 64.1 Å². The first-order valence-electron chi connectivity index (χ1n) is 11.3. The Bertz CT molecular complexity index is 1510. The molecule has 3 nitrogen and oxygen atoms in total. The number of hydrogen-bond donors (Lipinski definition) is 2. The van der Waals surface area contributed by atoms with E-state index >= 15 is 0 Å². The van der Waals surface area contributed by atoms with E-state index in [4.69, 9.17) is 0 Å². The van der Waals surface area contributed by atoms with Crippen LogP contribution in [-0.2, 0) is 0 Å². The molecule has 2 N–H and O–H groups in total. The Kier molecular flexibility index (Phi) is 5.03. The number of rotatable bonds is 4. The van der Waals surface area contributed by atoms with Crippen molar-refractivity contribution in [2.75, 3.05) is 0 Å². The predicted molar refractivity (Wildman–Crippen MR) is 141 cm³/mol. The van der Waals surface area contributed by atoms with Gasteiger partial charge >= 0.3 is 7.12 Å². The summed E-state index contributed by atoms with van der Waals surface area (Å²) in [5, 5.41) is 21.4. The minimum atomic E-state index is -1.48. The van der Waals surface area contributed by atoms with Gasteiger partial charge in [0, 0.05) is 16.5 Å². The molecule has 162 valence electrons. The third-order valence-electron chi connectivity index (χ3n) is 6.43. The molecule has 4 heteroatoms. The Morgan fingerprint density at radius 3 is 1.38 bits per heavy atom. The maximum absolute atomic E-state index is 9.52. The van der Waals surface area contributed by atoms with Crippen LogP contribution in [0.25, 0.3) is 49.7 Å². The van der Waals surface area contributed by atoms with Gasteiger partial charge in [-0.15, -0.1) is 0 Å². The second-order valence-electron chi connectivity index (χ2n) is 8.50. The monoisotopic (exact) mass is 439 g/mol. The van der Waals surface area contributed by atoms with E-state index in [0.29, 0.717) is 5.46 Å². The molecule has 0 atom stereocenters. The molecule has 0 saturated heterocycles. The molecule has 0 spiro atoms. The zero-order valence-electron chi connectivity index (χ0n) is 18.5. The van der Waals surface area contributed by atoms with E-state index in [1.165, 1.54) is 33.0 Å². The quantitative estimate of drug-likeness (QED) is 0.341. The van der Waals surface area contributed by atoms with Crippen LogP contribution in [0, 0.1) is 0 Å². The summed E-state index contributed by atoms with van der Waals surface area (Å²) in [6.45, 7) is 0. The Morgan fingerprint density at radius 1 is 0.471 bits per heavy atom. The number of nitrogens with zero attached hydrogens (tertiary/aromatic N) is 1. The molecule has 0 radical (unpaired) electrons. The molecule has 0 amide bonds. The van der Waals surface area contributed by atoms with Crippen LogP contribution in [0.15, 0.2) is 121 Å². The van der Waals surface area contributed by atoms with Crippen LogP contribution in [0.2, 0.25) is 0 Å². The van der Waals surface area contributed by atoms with Crippen molar-refractivity contribution in [3.8, 4) is 27.9 Å². The Balaban J connectivity index is 1.63. The fourth-order valence-corrected chi connectivity index (χ4v) is 4.72. The first-order valence-corrected chi connectivity index (χ1v) is 11.3. The average Bonchev–Trinajstić information content (AvgIpc) is 3.22. The maximum atomic E-state index is 9.52. The van der Waals surface area contributed by atoms with E-state index in [0.717, 1.165) is 16.7 Å². The fourth-order valence-electron chi connectivity index (χ4n) is 4.72. The predicted octanol–water partition coefficient (Wildman–Crippen LogP) is 5.80. The van der Waals surface area contributed by atoms with Crippen LogP contribution in [0.1, 0.15) is 0 Å². The van der Waals surface area contributed by atoms with E-state index in [-0.39, 0.29) is 0 Å². The smallest absolute Gasteiger partial charge is 0.423 e. The van der Waals surface area contributed by atoms with Gasteiger partial charge in [-0.3, -0.25) is 0 Å². The van der Waals surface area contributed by atoms with Gasteiger partial charge in [0.05, 0.1) is 11.0 Å². The highest BCUT2D eigenvalue weighted by Gasteiger charge is 2.16. The summed E-state index contributed by atoms with van der Waals surface area (Å²) < 4.78 is 2.24. The molecule has 6 rings (SSSR count). The van der Waals surface area contributed by atoms with Gasteiger partial charge in [0.1, 0.15) is 0 Å². The summed E-state index contributed by atoms with van der Waals surface area (Å²) >= 11 is 0. The number of hydrogen-bond acceptors (Lipinski definition) is 2. The zero-order valence-corrected chi connectivity index (χ0v) is 18.5. The van der Waals surface area contributed by atoms with Gasteiger partial charge in [-0.25, -0.2) is 0 Å². The summed E-state index contributed by atoms with van der Waals surface area (Å²) in [5.74, 6) is 0. The lowest BCUT2D eigenvalue weighted by atomic mass is 9.80. The van der Waals surface area contributed by atoms with Crippen LogP contribution in [0.5, 0.6) is 0 Å². The second kappa shape index (κ2) is 8.34. The molecule has 0 aliphatic carbocycles. The van der Waals surface area contributed by atoms with Crippen molar-refractivity contribution in [3.63, 3.8) is 0 Å². The minimum Gasteiger partial charge on any atom is -0.423 e. The summed E-state index contributed by atoms with van der Waals surface area (Å²) in [4.78, 5) is 0. The molecule has 1 aromatic heterocycles. The topological polar surface area (TPSA) is 45.4 Å². The Hall–Kier alpha value is -4.12. The first-order chi connectivity index (χ1) is 16.7. The van der Waals surface area contributed by atoms with Crippen LogP contribution in [-0.4, -0.2) is 21.7 Å². The Labute approximate surface area is 198 Å². The molecule has 1 heterocycles. The summed E-state index contributed by atoms with van der Waals surface area (Å²) in [5.41, 5.74) is 8.39. The molecule has 5 aromatic carbocycles. The van der Waals surface area contributed by atoms with E-state index in [9.17, 15) is 10.0 Å². The number of fused-ring (bicyclic) bond motifs is 3. The molecule has 34 heavy (non-hydrogen) atoms. The summed E-state index contributed by atoms with van der Waals surface area (Å²) in [6, 6.07) is 41.5. The van der Waals surface area contributed by atoms with Crippen molar-refractivity contribution >= 4 is 34.4 Å². The maximum Gasteiger partial charge on any atom is 0.488 e. The standard InChI is InChI=1S/C30H22BNO2/c33-31(34)25-13-15-26(16-14-25)32-29-17-11-23(21-7-3-1-4-8-21)19-27(29)28-20-24(12-18-30(28)32)22-9-5-2-6-10-22/h1-20,33-34H. The lowest BCUT2D eigenvalue weighted by molar-refractivity contribution is 0.426. The van der Waals surface area contributed by atoms with Crippen LogP contribution in [0.4, 0.5) is 0 Å². The van der Waals surface area contributed by atoms with Gasteiger partial charge in [0.2, 0.25) is 0 Å². The third-order valence-corrected chi connectivity index (χ3v) is 6.43. The summed E-state index contributed by atoms with van der Waals surface area (Å²) in [7, 11) is -1.48. The number of benzene rings is 5. The number of aromatic nitrogens is 1. The van der Waals surface area contributed by atoms with Crippen molar-refractivity contribution in [1.29, 1.82) is 0 Å². The van der Waals surface area contributed by atoms with Gasteiger partial charge in [-0.2, -0.15) is 0 Å². The van der Waals surface area contributed by atoms with E-state index in [1.807, 2.05) is 24.3 Å². The summed E-state index contributed by atoms with van der Waals surface area (Å²) in [6.07, 6.45) is 0.